The van der Waals surface area contributed by atoms with Gasteiger partial charge in [-0.15, -0.1) is 11.3 Å². The summed E-state index contributed by atoms with van der Waals surface area (Å²) in [6.45, 7) is 2.85. The van der Waals surface area contributed by atoms with Crippen LogP contribution in [0.15, 0.2) is 24.3 Å². The lowest BCUT2D eigenvalue weighted by Gasteiger charge is -1.99. The molecule has 0 fully saturated rings. The van der Waals surface area contributed by atoms with Gasteiger partial charge in [0, 0.05) is 12.1 Å². The molecule has 1 heterocycles. The van der Waals surface area contributed by atoms with Gasteiger partial charge in [0.25, 0.3) is 0 Å². The van der Waals surface area contributed by atoms with Gasteiger partial charge in [-0.3, -0.25) is 0 Å². The van der Waals surface area contributed by atoms with E-state index in [1.54, 1.807) is 11.3 Å². The lowest BCUT2D eigenvalue weighted by atomic mass is 10.1. The van der Waals surface area contributed by atoms with Crippen LogP contribution in [0.1, 0.15) is 10.4 Å². The van der Waals surface area contributed by atoms with Gasteiger partial charge in [-0.1, -0.05) is 35.9 Å². The van der Waals surface area contributed by atoms with Crippen LogP contribution in [0.5, 0.6) is 0 Å². The van der Waals surface area contributed by atoms with Crippen LogP contribution in [0, 0.1) is 6.92 Å². The number of thiazole rings is 1. The highest BCUT2D eigenvalue weighted by molar-refractivity contribution is 7.15. The fraction of sp³-hybridized carbons (Fsp3) is 0.250. The van der Waals surface area contributed by atoms with E-state index in [2.05, 4.69) is 29.4 Å². The minimum absolute atomic E-state index is 0.609. The Morgan fingerprint density at radius 2 is 2.12 bits per heavy atom. The van der Waals surface area contributed by atoms with Gasteiger partial charge in [-0.2, -0.15) is 0 Å². The second-order valence-corrected chi connectivity index (χ2v) is 5.02. The molecular formula is C12H13ClN2S. The maximum atomic E-state index is 6.09. The van der Waals surface area contributed by atoms with Crippen molar-refractivity contribution in [3.05, 3.63) is 39.9 Å². The van der Waals surface area contributed by atoms with Crippen molar-refractivity contribution in [3.8, 4) is 10.6 Å². The number of rotatable bonds is 3. The summed E-state index contributed by atoms with van der Waals surface area (Å²) < 4.78 is 0. The van der Waals surface area contributed by atoms with Crippen molar-refractivity contribution in [1.82, 2.24) is 10.3 Å². The molecule has 0 aliphatic heterocycles. The number of hydrogen-bond acceptors (Lipinski definition) is 3. The average molecular weight is 253 g/mol. The molecule has 84 valence electrons. The number of aryl methyl sites for hydroxylation is 1. The smallest absolute Gasteiger partial charge is 0.145 e. The Hall–Kier alpha value is -0.900. The van der Waals surface area contributed by atoms with Crippen molar-refractivity contribution < 1.29 is 0 Å². The minimum atomic E-state index is 0.609. The quantitative estimate of drug-likeness (QED) is 0.905. The van der Waals surface area contributed by atoms with Crippen molar-refractivity contribution in [1.29, 1.82) is 0 Å². The molecule has 1 aromatic heterocycles. The third-order valence-corrected chi connectivity index (χ3v) is 3.88. The van der Waals surface area contributed by atoms with E-state index < -0.39 is 0 Å². The number of hydrogen-bond donors (Lipinski definition) is 1. The van der Waals surface area contributed by atoms with E-state index in [4.69, 9.17) is 11.6 Å². The molecule has 1 N–H and O–H groups in total. The van der Waals surface area contributed by atoms with Crippen LogP contribution >= 0.6 is 22.9 Å². The van der Waals surface area contributed by atoms with E-state index in [0.717, 1.165) is 22.0 Å². The number of aromatic nitrogens is 1. The molecule has 0 aliphatic rings. The van der Waals surface area contributed by atoms with E-state index >= 15 is 0 Å². The van der Waals surface area contributed by atoms with Crippen LogP contribution in [0.3, 0.4) is 0 Å². The van der Waals surface area contributed by atoms with Crippen molar-refractivity contribution in [2.75, 3.05) is 7.05 Å². The molecule has 0 saturated heterocycles. The zero-order valence-electron chi connectivity index (χ0n) is 9.25. The first kappa shape index (κ1) is 11.6. The van der Waals surface area contributed by atoms with Crippen molar-refractivity contribution in [2.45, 2.75) is 13.5 Å². The number of halogens is 1. The predicted octanol–water partition coefficient (Wildman–Crippen LogP) is 3.49. The second-order valence-electron chi connectivity index (χ2n) is 3.58. The highest BCUT2D eigenvalue weighted by Crippen LogP contribution is 2.32. The molecule has 1 aromatic carbocycles. The monoisotopic (exact) mass is 252 g/mol. The first-order valence-corrected chi connectivity index (χ1v) is 6.27. The second kappa shape index (κ2) is 4.95. The molecule has 0 spiro atoms. The lowest BCUT2D eigenvalue weighted by molar-refractivity contribution is 0.829. The molecule has 0 amide bonds. The molecule has 0 bridgehead atoms. The Labute approximate surface area is 104 Å². The van der Waals surface area contributed by atoms with Crippen LogP contribution in [0.2, 0.25) is 5.15 Å². The van der Waals surface area contributed by atoms with Gasteiger partial charge < -0.3 is 5.32 Å². The zero-order chi connectivity index (χ0) is 11.5. The molecule has 0 atom stereocenters. The highest BCUT2D eigenvalue weighted by atomic mass is 35.5. The Morgan fingerprint density at radius 1 is 1.38 bits per heavy atom. The van der Waals surface area contributed by atoms with Crippen LogP contribution in [-0.4, -0.2) is 12.0 Å². The maximum Gasteiger partial charge on any atom is 0.145 e. The molecular weight excluding hydrogens is 240 g/mol. The van der Waals surface area contributed by atoms with Gasteiger partial charge in [0.2, 0.25) is 0 Å². The number of nitrogens with one attached hydrogen (secondary N) is 1. The first-order valence-electron chi connectivity index (χ1n) is 5.08. The Bertz CT molecular complexity index is 494. The normalized spacial score (nSPS) is 10.7. The van der Waals surface area contributed by atoms with E-state index in [-0.39, 0.29) is 0 Å². The lowest BCUT2D eigenvalue weighted by Crippen LogP contribution is -2.03. The van der Waals surface area contributed by atoms with E-state index in [9.17, 15) is 0 Å². The molecule has 4 heteroatoms. The van der Waals surface area contributed by atoms with Gasteiger partial charge in [0.05, 0.1) is 4.88 Å². The van der Waals surface area contributed by atoms with Gasteiger partial charge in [0.1, 0.15) is 10.2 Å². The summed E-state index contributed by atoms with van der Waals surface area (Å²) in [6.07, 6.45) is 0. The van der Waals surface area contributed by atoms with Crippen molar-refractivity contribution in [3.63, 3.8) is 0 Å². The molecule has 2 rings (SSSR count). The highest BCUT2D eigenvalue weighted by Gasteiger charge is 2.11. The van der Waals surface area contributed by atoms with E-state index in [1.165, 1.54) is 5.56 Å². The van der Waals surface area contributed by atoms with Gasteiger partial charge in [0.15, 0.2) is 0 Å². The van der Waals surface area contributed by atoms with E-state index in [0.29, 0.717) is 5.15 Å². The largest absolute Gasteiger partial charge is 0.315 e. The zero-order valence-corrected chi connectivity index (χ0v) is 10.8. The predicted molar refractivity (Wildman–Crippen MR) is 70.1 cm³/mol. The van der Waals surface area contributed by atoms with Gasteiger partial charge >= 0.3 is 0 Å². The molecule has 2 aromatic rings. The first-order chi connectivity index (χ1) is 7.72. The number of nitrogens with zero attached hydrogens (tertiary/aromatic N) is 1. The van der Waals surface area contributed by atoms with E-state index in [1.807, 2.05) is 19.2 Å². The third kappa shape index (κ3) is 2.26. The van der Waals surface area contributed by atoms with Crippen molar-refractivity contribution in [2.24, 2.45) is 0 Å². The van der Waals surface area contributed by atoms with Crippen LogP contribution in [0.25, 0.3) is 10.6 Å². The van der Waals surface area contributed by atoms with Crippen LogP contribution in [-0.2, 0) is 6.54 Å². The summed E-state index contributed by atoms with van der Waals surface area (Å²) in [5.41, 5.74) is 2.39. The summed E-state index contributed by atoms with van der Waals surface area (Å²) in [5, 5.41) is 4.69. The number of benzene rings is 1. The topological polar surface area (TPSA) is 24.9 Å². The fourth-order valence-electron chi connectivity index (χ4n) is 1.53. The SMILES string of the molecule is CNCc1sc(-c2ccccc2C)nc1Cl. The summed E-state index contributed by atoms with van der Waals surface area (Å²) >= 11 is 7.73. The summed E-state index contributed by atoms with van der Waals surface area (Å²) in [5.74, 6) is 0. The molecule has 0 aliphatic carbocycles. The molecule has 16 heavy (non-hydrogen) atoms. The summed E-state index contributed by atoms with van der Waals surface area (Å²) in [6, 6.07) is 8.22. The summed E-state index contributed by atoms with van der Waals surface area (Å²) in [4.78, 5) is 5.49. The van der Waals surface area contributed by atoms with Crippen LogP contribution in [0.4, 0.5) is 0 Å². The molecule has 0 unspecified atom stereocenters. The van der Waals surface area contributed by atoms with Crippen molar-refractivity contribution >= 4 is 22.9 Å². The Morgan fingerprint density at radius 3 is 2.81 bits per heavy atom. The minimum Gasteiger partial charge on any atom is -0.315 e. The fourth-order valence-corrected chi connectivity index (χ4v) is 2.90. The average Bonchev–Trinajstić information content (AvgIpc) is 2.61. The Balaban J connectivity index is 2.42. The summed E-state index contributed by atoms with van der Waals surface area (Å²) in [7, 11) is 1.91. The standard InChI is InChI=1S/C12H13ClN2S/c1-8-5-3-4-6-9(8)12-15-11(13)10(16-12)7-14-2/h3-6,14H,7H2,1-2H3. The van der Waals surface area contributed by atoms with Gasteiger partial charge in [-0.05, 0) is 19.5 Å². The molecule has 2 nitrogen and oxygen atoms in total. The Kier molecular flexibility index (Phi) is 3.59. The third-order valence-electron chi connectivity index (χ3n) is 2.36. The van der Waals surface area contributed by atoms with Crippen LogP contribution < -0.4 is 5.32 Å². The molecule has 0 radical (unpaired) electrons. The molecule has 0 saturated carbocycles. The maximum absolute atomic E-state index is 6.09. The van der Waals surface area contributed by atoms with Gasteiger partial charge in [-0.25, -0.2) is 4.98 Å².